The topological polar surface area (TPSA) is 67.6 Å². The Balaban J connectivity index is 2.21. The zero-order valence-corrected chi connectivity index (χ0v) is 11.0. The molecular weight excluding hydrogens is 248 g/mol. The molecule has 0 unspecified atom stereocenters. The zero-order chi connectivity index (χ0) is 13.9. The summed E-state index contributed by atoms with van der Waals surface area (Å²) < 4.78 is 2.08. The van der Waals surface area contributed by atoms with Gasteiger partial charge in [-0.15, -0.1) is 0 Å². The van der Waals surface area contributed by atoms with Crippen molar-refractivity contribution in [1.29, 1.82) is 5.26 Å². The molecule has 1 aromatic heterocycles. The molecule has 4 heteroatoms. The van der Waals surface area contributed by atoms with E-state index in [-0.39, 0.29) is 0 Å². The van der Waals surface area contributed by atoms with Crippen LogP contribution in [0.1, 0.15) is 6.42 Å². The molecule has 20 heavy (non-hydrogen) atoms. The number of nitrogens with two attached hydrogens (primary N) is 1. The van der Waals surface area contributed by atoms with Gasteiger partial charge in [0.25, 0.3) is 0 Å². The Bertz CT molecular complexity index is 796. The molecule has 1 heterocycles. The molecule has 0 atom stereocenters. The van der Waals surface area contributed by atoms with Crippen LogP contribution in [0.25, 0.3) is 22.4 Å². The van der Waals surface area contributed by atoms with Gasteiger partial charge in [-0.1, -0.05) is 24.3 Å². The Kier molecular flexibility index (Phi) is 3.10. The Morgan fingerprint density at radius 2 is 2.00 bits per heavy atom. The lowest BCUT2D eigenvalue weighted by atomic mass is 10.2. The lowest BCUT2D eigenvalue weighted by Gasteiger charge is -2.07. The van der Waals surface area contributed by atoms with Gasteiger partial charge >= 0.3 is 0 Å². The number of fused-ring (bicyclic) bond motifs is 1. The van der Waals surface area contributed by atoms with Gasteiger partial charge in [0.05, 0.1) is 23.5 Å². The summed E-state index contributed by atoms with van der Waals surface area (Å²) >= 11 is 0. The highest BCUT2D eigenvalue weighted by Gasteiger charge is 2.12. The van der Waals surface area contributed by atoms with Crippen molar-refractivity contribution in [3.8, 4) is 17.5 Å². The SMILES string of the molecule is N#CCCn1c(-c2cccc(N)c2)nc2ccccc21. The van der Waals surface area contributed by atoms with Crippen molar-refractivity contribution in [2.24, 2.45) is 0 Å². The second kappa shape index (κ2) is 5.06. The predicted octanol–water partition coefficient (Wildman–Crippen LogP) is 3.20. The van der Waals surface area contributed by atoms with Gasteiger partial charge in [0.1, 0.15) is 5.82 Å². The van der Waals surface area contributed by atoms with E-state index >= 15 is 0 Å². The lowest BCUT2D eigenvalue weighted by molar-refractivity contribution is 0.744. The van der Waals surface area contributed by atoms with Gasteiger partial charge in [0, 0.05) is 17.8 Å². The van der Waals surface area contributed by atoms with Crippen molar-refractivity contribution in [1.82, 2.24) is 9.55 Å². The van der Waals surface area contributed by atoms with Crippen LogP contribution in [-0.2, 0) is 6.54 Å². The molecule has 98 valence electrons. The Morgan fingerprint density at radius 3 is 2.80 bits per heavy atom. The van der Waals surface area contributed by atoms with Crippen LogP contribution < -0.4 is 5.73 Å². The fraction of sp³-hybridized carbons (Fsp3) is 0.125. The van der Waals surface area contributed by atoms with Crippen molar-refractivity contribution in [3.63, 3.8) is 0 Å². The Hall–Kier alpha value is -2.80. The van der Waals surface area contributed by atoms with Crippen molar-refractivity contribution >= 4 is 16.7 Å². The number of benzene rings is 2. The standard InChI is InChI=1S/C16H14N4/c17-9-4-10-20-15-8-2-1-7-14(15)19-16(20)12-5-3-6-13(18)11-12/h1-3,5-8,11H,4,10,18H2. The maximum absolute atomic E-state index is 8.84. The molecular formula is C16H14N4. The molecule has 0 aliphatic rings. The van der Waals surface area contributed by atoms with Crippen molar-refractivity contribution in [3.05, 3.63) is 48.5 Å². The summed E-state index contributed by atoms with van der Waals surface area (Å²) in [5, 5.41) is 8.84. The monoisotopic (exact) mass is 262 g/mol. The van der Waals surface area contributed by atoms with E-state index < -0.39 is 0 Å². The van der Waals surface area contributed by atoms with Gasteiger partial charge in [-0.2, -0.15) is 5.26 Å². The first-order valence-electron chi connectivity index (χ1n) is 6.48. The number of aryl methyl sites for hydroxylation is 1. The van der Waals surface area contributed by atoms with Crippen LogP contribution in [-0.4, -0.2) is 9.55 Å². The average Bonchev–Trinajstić information content (AvgIpc) is 2.84. The number of rotatable bonds is 3. The van der Waals surface area contributed by atoms with Crippen LogP contribution in [0.2, 0.25) is 0 Å². The summed E-state index contributed by atoms with van der Waals surface area (Å²) in [6.45, 7) is 0.626. The van der Waals surface area contributed by atoms with Gasteiger partial charge in [-0.3, -0.25) is 0 Å². The van der Waals surface area contributed by atoms with Gasteiger partial charge < -0.3 is 10.3 Å². The molecule has 2 aromatic carbocycles. The molecule has 2 N–H and O–H groups in total. The average molecular weight is 262 g/mol. The highest BCUT2D eigenvalue weighted by molar-refractivity contribution is 5.81. The molecule has 3 aromatic rings. The van der Waals surface area contributed by atoms with E-state index in [1.54, 1.807) is 0 Å². The van der Waals surface area contributed by atoms with E-state index in [9.17, 15) is 0 Å². The summed E-state index contributed by atoms with van der Waals surface area (Å²) in [6, 6.07) is 17.8. The van der Waals surface area contributed by atoms with E-state index in [2.05, 4.69) is 15.6 Å². The predicted molar refractivity (Wildman–Crippen MR) is 79.8 cm³/mol. The number of para-hydroxylation sites is 2. The summed E-state index contributed by atoms with van der Waals surface area (Å²) in [5.74, 6) is 0.855. The van der Waals surface area contributed by atoms with Gasteiger partial charge in [0.15, 0.2) is 0 Å². The molecule has 0 amide bonds. The maximum atomic E-state index is 8.84. The molecule has 4 nitrogen and oxygen atoms in total. The van der Waals surface area contributed by atoms with Crippen molar-refractivity contribution in [2.45, 2.75) is 13.0 Å². The number of nitriles is 1. The van der Waals surface area contributed by atoms with Crippen LogP contribution in [0, 0.1) is 11.3 Å². The van der Waals surface area contributed by atoms with Gasteiger partial charge in [-0.05, 0) is 24.3 Å². The third kappa shape index (κ3) is 2.10. The Morgan fingerprint density at radius 1 is 1.15 bits per heavy atom. The number of hydrogen-bond donors (Lipinski definition) is 1. The third-order valence-electron chi connectivity index (χ3n) is 3.25. The Labute approximate surface area is 117 Å². The number of hydrogen-bond acceptors (Lipinski definition) is 3. The molecule has 0 aliphatic heterocycles. The fourth-order valence-corrected chi connectivity index (χ4v) is 2.36. The minimum Gasteiger partial charge on any atom is -0.399 e. The van der Waals surface area contributed by atoms with Crippen LogP contribution in [0.5, 0.6) is 0 Å². The molecule has 0 radical (unpaired) electrons. The largest absolute Gasteiger partial charge is 0.399 e. The van der Waals surface area contributed by atoms with Crippen LogP contribution >= 0.6 is 0 Å². The molecule has 0 saturated heterocycles. The number of imidazole rings is 1. The smallest absolute Gasteiger partial charge is 0.141 e. The van der Waals surface area contributed by atoms with E-state index in [0.29, 0.717) is 18.7 Å². The second-order valence-electron chi connectivity index (χ2n) is 4.61. The van der Waals surface area contributed by atoms with Crippen molar-refractivity contribution in [2.75, 3.05) is 5.73 Å². The van der Waals surface area contributed by atoms with Crippen molar-refractivity contribution < 1.29 is 0 Å². The molecule has 0 bridgehead atoms. The van der Waals surface area contributed by atoms with Crippen LogP contribution in [0.3, 0.4) is 0 Å². The first-order valence-corrected chi connectivity index (χ1v) is 6.48. The summed E-state index contributed by atoms with van der Waals surface area (Å²) in [4.78, 5) is 4.67. The highest BCUT2D eigenvalue weighted by atomic mass is 15.1. The number of nitrogen functional groups attached to an aromatic ring is 1. The van der Waals surface area contributed by atoms with Gasteiger partial charge in [0.2, 0.25) is 0 Å². The first-order chi connectivity index (χ1) is 9.79. The number of nitrogens with zero attached hydrogens (tertiary/aromatic N) is 3. The molecule has 0 aliphatic carbocycles. The number of aromatic nitrogens is 2. The van der Waals surface area contributed by atoms with E-state index in [0.717, 1.165) is 22.4 Å². The minimum absolute atomic E-state index is 0.454. The van der Waals surface area contributed by atoms with Crippen LogP contribution in [0.4, 0.5) is 5.69 Å². The molecule has 0 saturated carbocycles. The van der Waals surface area contributed by atoms with E-state index in [1.165, 1.54) is 0 Å². The van der Waals surface area contributed by atoms with E-state index in [1.807, 2.05) is 48.5 Å². The summed E-state index contributed by atoms with van der Waals surface area (Å²) in [5.41, 5.74) is 9.51. The molecule has 0 fully saturated rings. The number of anilines is 1. The quantitative estimate of drug-likeness (QED) is 0.737. The summed E-state index contributed by atoms with van der Waals surface area (Å²) in [6.07, 6.45) is 0.454. The minimum atomic E-state index is 0.454. The fourth-order valence-electron chi connectivity index (χ4n) is 2.36. The van der Waals surface area contributed by atoms with Gasteiger partial charge in [-0.25, -0.2) is 4.98 Å². The molecule has 0 spiro atoms. The van der Waals surface area contributed by atoms with Crippen LogP contribution in [0.15, 0.2) is 48.5 Å². The first kappa shape index (κ1) is 12.2. The van der Waals surface area contributed by atoms with E-state index in [4.69, 9.17) is 11.0 Å². The maximum Gasteiger partial charge on any atom is 0.141 e. The normalized spacial score (nSPS) is 10.6. The lowest BCUT2D eigenvalue weighted by Crippen LogP contribution is -2.00. The second-order valence-corrected chi connectivity index (χ2v) is 4.61. The molecule has 3 rings (SSSR count). The highest BCUT2D eigenvalue weighted by Crippen LogP contribution is 2.26. The summed E-state index contributed by atoms with van der Waals surface area (Å²) in [7, 11) is 0. The zero-order valence-electron chi connectivity index (χ0n) is 11.0. The third-order valence-corrected chi connectivity index (χ3v) is 3.25.